The van der Waals surface area contributed by atoms with E-state index in [4.69, 9.17) is 24.5 Å². The van der Waals surface area contributed by atoms with Crippen LogP contribution in [0.5, 0.6) is 0 Å². The highest BCUT2D eigenvalue weighted by molar-refractivity contribution is 6.21. The van der Waals surface area contributed by atoms with E-state index in [0.717, 1.165) is 85.5 Å². The molecule has 0 amide bonds. The highest BCUT2D eigenvalue weighted by Crippen LogP contribution is 2.46. The Morgan fingerprint density at radius 2 is 1.77 bits per heavy atom. The minimum atomic E-state index is -0.233. The molecule has 6 rings (SSSR count). The minimum absolute atomic E-state index is 0.0195. The van der Waals surface area contributed by atoms with Gasteiger partial charge in [0.15, 0.2) is 0 Å². The Morgan fingerprint density at radius 3 is 2.47 bits per heavy atom. The van der Waals surface area contributed by atoms with E-state index in [1.165, 1.54) is 12.7 Å². The highest BCUT2D eigenvalue weighted by atomic mass is 16.5. The van der Waals surface area contributed by atoms with Gasteiger partial charge >= 0.3 is 5.97 Å². The van der Waals surface area contributed by atoms with Gasteiger partial charge in [0.1, 0.15) is 5.76 Å². The summed E-state index contributed by atoms with van der Waals surface area (Å²) in [6, 6.07) is 0. The second-order valence-electron chi connectivity index (χ2n) is 12.0. The summed E-state index contributed by atoms with van der Waals surface area (Å²) in [5, 5.41) is 14.9. The van der Waals surface area contributed by atoms with Gasteiger partial charge < -0.3 is 19.9 Å². The monoisotopic (exact) mass is 580 g/mol. The van der Waals surface area contributed by atoms with Gasteiger partial charge in [0.25, 0.3) is 0 Å². The van der Waals surface area contributed by atoms with Crippen LogP contribution >= 0.6 is 0 Å². The fraction of sp³-hybridized carbons (Fsp3) is 0.429. The molecule has 0 radical (unpaired) electrons. The Kier molecular flexibility index (Phi) is 7.37. The van der Waals surface area contributed by atoms with Crippen molar-refractivity contribution in [3.8, 4) is 0 Å². The molecule has 6 aliphatic rings. The Labute approximate surface area is 253 Å². The van der Waals surface area contributed by atoms with Gasteiger partial charge in [-0.1, -0.05) is 13.8 Å². The van der Waals surface area contributed by atoms with E-state index in [-0.39, 0.29) is 23.9 Å². The van der Waals surface area contributed by atoms with Gasteiger partial charge in [-0.15, -0.1) is 0 Å². The molecule has 0 saturated carbocycles. The van der Waals surface area contributed by atoms with Crippen molar-refractivity contribution in [1.82, 2.24) is 5.32 Å². The number of ether oxygens (including phenoxy) is 2. The van der Waals surface area contributed by atoms with Gasteiger partial charge in [-0.2, -0.15) is 0 Å². The molecule has 1 saturated heterocycles. The second-order valence-corrected chi connectivity index (χ2v) is 12.0. The number of esters is 1. The number of hydrogen-bond donors (Lipinski definition) is 2. The van der Waals surface area contributed by atoms with Crippen LogP contribution in [0.25, 0.3) is 0 Å². The van der Waals surface area contributed by atoms with Crippen LogP contribution < -0.4 is 5.32 Å². The van der Waals surface area contributed by atoms with Crippen molar-refractivity contribution < 1.29 is 19.4 Å². The number of aliphatic imine (C=N–C) groups is 3. The van der Waals surface area contributed by atoms with Crippen LogP contribution in [0.15, 0.2) is 106 Å². The zero-order valence-corrected chi connectivity index (χ0v) is 26.3. The maximum absolute atomic E-state index is 12.2. The van der Waals surface area contributed by atoms with Gasteiger partial charge in [0.2, 0.25) is 0 Å². The number of carbonyl (C=O) groups excluding carboxylic acids is 1. The molecule has 0 aromatic heterocycles. The molecule has 8 heteroatoms. The number of nitrogens with zero attached hydrogens (tertiary/aromatic N) is 3. The Morgan fingerprint density at radius 1 is 1.05 bits per heavy atom. The van der Waals surface area contributed by atoms with Crippen molar-refractivity contribution in [3.63, 3.8) is 0 Å². The van der Waals surface area contributed by atoms with Crippen LogP contribution in [0, 0.1) is 11.8 Å². The largest absolute Gasteiger partial charge is 0.511 e. The summed E-state index contributed by atoms with van der Waals surface area (Å²) in [5.74, 6) is 0.195. The number of carbonyl (C=O) groups is 1. The fourth-order valence-corrected chi connectivity index (χ4v) is 7.13. The molecule has 0 aromatic rings. The molecule has 2 unspecified atom stereocenters. The van der Waals surface area contributed by atoms with Crippen LogP contribution in [-0.4, -0.2) is 48.5 Å². The minimum Gasteiger partial charge on any atom is -0.511 e. The van der Waals surface area contributed by atoms with E-state index in [0.29, 0.717) is 25.0 Å². The maximum atomic E-state index is 12.2. The lowest BCUT2D eigenvalue weighted by Gasteiger charge is -2.17. The first-order valence-electron chi connectivity index (χ1n) is 15.1. The molecule has 2 N–H and O–H groups in total. The summed E-state index contributed by atoms with van der Waals surface area (Å²) < 4.78 is 10.8. The first-order chi connectivity index (χ1) is 20.6. The third-order valence-electron chi connectivity index (χ3n) is 9.75. The summed E-state index contributed by atoms with van der Waals surface area (Å²) in [5.41, 5.74) is 14.3. The van der Waals surface area contributed by atoms with Gasteiger partial charge in [0, 0.05) is 59.9 Å². The van der Waals surface area contributed by atoms with Crippen molar-refractivity contribution in [2.45, 2.75) is 73.3 Å². The predicted molar refractivity (Wildman–Crippen MR) is 170 cm³/mol. The number of hydrogen-bond acceptors (Lipinski definition) is 8. The van der Waals surface area contributed by atoms with Crippen molar-refractivity contribution in [1.29, 1.82) is 0 Å². The van der Waals surface area contributed by atoms with Gasteiger partial charge in [0.05, 0.1) is 47.4 Å². The van der Waals surface area contributed by atoms with Gasteiger partial charge in [-0.25, -0.2) is 15.0 Å². The average Bonchev–Trinajstić information content (AvgIpc) is 3.74. The van der Waals surface area contributed by atoms with Crippen LogP contribution in [0.1, 0.15) is 67.2 Å². The molecule has 0 aromatic carbocycles. The molecule has 1 fully saturated rings. The SMILES string of the molecule is CCC1=C(C)C2=NC1=CC1=C(C)C3=C(O)CC(=C4NC(=CC5=NC(=C2)C(C(C)OC)=C5C)C(C)[C@@H]4CCC(=O)OC)C3=N1. The molecule has 5 heterocycles. The summed E-state index contributed by atoms with van der Waals surface area (Å²) in [7, 11) is 3.15. The van der Waals surface area contributed by atoms with Crippen LogP contribution in [0.4, 0.5) is 0 Å². The molecular weight excluding hydrogens is 540 g/mol. The lowest BCUT2D eigenvalue weighted by molar-refractivity contribution is -0.140. The maximum Gasteiger partial charge on any atom is 0.305 e. The zero-order chi connectivity index (χ0) is 30.7. The predicted octanol–water partition coefficient (Wildman–Crippen LogP) is 6.65. The fourth-order valence-electron chi connectivity index (χ4n) is 7.13. The summed E-state index contributed by atoms with van der Waals surface area (Å²) in [6.07, 6.45) is 8.26. The number of aliphatic hydroxyl groups excluding tert-OH is 1. The van der Waals surface area contributed by atoms with Crippen LogP contribution in [0.3, 0.4) is 0 Å². The standard InChI is InChI=1S/C35H40N4O4/c1-9-21-16(2)24-15-29-32(20(6)42-7)18(4)26(37-29)13-25-17(3)22(10-11-31(41)43-8)34(38-25)23-12-30(40)33-19(5)27(39-35(23)33)14-28(21)36-24/h13-15,17,20,22,38,40H,9-12H2,1-8H3/t17?,20?,22-/m0/s1. The molecule has 8 nitrogen and oxygen atoms in total. The molecule has 0 spiro atoms. The lowest BCUT2D eigenvalue weighted by Crippen LogP contribution is -2.16. The number of methoxy groups -OCH3 is 2. The lowest BCUT2D eigenvalue weighted by atomic mass is 9.86. The topological polar surface area (TPSA) is 105 Å². The summed E-state index contributed by atoms with van der Waals surface area (Å²) in [4.78, 5) is 27.6. The number of allylic oxidation sites excluding steroid dienone is 11. The van der Waals surface area contributed by atoms with E-state index in [2.05, 4.69) is 51.2 Å². The first-order valence-corrected chi connectivity index (χ1v) is 15.1. The Hall–Kier alpha value is -4.04. The number of nitrogens with one attached hydrogen (secondary N) is 1. The van der Waals surface area contributed by atoms with E-state index in [1.54, 1.807) is 7.11 Å². The third kappa shape index (κ3) is 4.63. The second kappa shape index (κ2) is 10.9. The Balaban J connectivity index is 1.60. The van der Waals surface area contributed by atoms with Crippen molar-refractivity contribution >= 4 is 23.1 Å². The molecule has 8 bridgehead atoms. The average molecular weight is 581 g/mol. The van der Waals surface area contributed by atoms with E-state index in [1.807, 2.05) is 13.8 Å². The highest BCUT2D eigenvalue weighted by Gasteiger charge is 2.41. The van der Waals surface area contributed by atoms with Crippen LogP contribution in [-0.2, 0) is 14.3 Å². The smallest absolute Gasteiger partial charge is 0.305 e. The molecule has 224 valence electrons. The number of aliphatic hydroxyl groups is 1. The third-order valence-corrected chi connectivity index (χ3v) is 9.75. The summed E-state index contributed by atoms with van der Waals surface area (Å²) in [6.45, 7) is 12.6. The first kappa shape index (κ1) is 29.1. The summed E-state index contributed by atoms with van der Waals surface area (Å²) >= 11 is 0. The van der Waals surface area contributed by atoms with Gasteiger partial charge in [-0.05, 0) is 81.1 Å². The van der Waals surface area contributed by atoms with E-state index >= 15 is 0 Å². The molecule has 5 aliphatic heterocycles. The number of rotatable bonds is 6. The van der Waals surface area contributed by atoms with Crippen molar-refractivity contribution in [3.05, 3.63) is 91.5 Å². The van der Waals surface area contributed by atoms with Crippen molar-refractivity contribution in [2.24, 2.45) is 26.8 Å². The van der Waals surface area contributed by atoms with Crippen molar-refractivity contribution in [2.75, 3.05) is 14.2 Å². The van der Waals surface area contributed by atoms with E-state index in [9.17, 15) is 9.90 Å². The van der Waals surface area contributed by atoms with Gasteiger partial charge in [-0.3, -0.25) is 4.79 Å². The molecule has 43 heavy (non-hydrogen) atoms. The van der Waals surface area contributed by atoms with Crippen LogP contribution in [0.2, 0.25) is 0 Å². The molecule has 3 atom stereocenters. The molecular formula is C35H40N4O4. The zero-order valence-electron chi connectivity index (χ0n) is 26.3. The quantitative estimate of drug-likeness (QED) is 0.343. The van der Waals surface area contributed by atoms with E-state index < -0.39 is 0 Å². The number of fused-ring (bicyclic) bond motifs is 5. The molecule has 1 aliphatic carbocycles. The normalized spacial score (nSPS) is 25.2. The Bertz CT molecular complexity index is 1700.